The first-order valence-corrected chi connectivity index (χ1v) is 9.75. The lowest BCUT2D eigenvalue weighted by atomic mass is 10.2. The van der Waals surface area contributed by atoms with Gasteiger partial charge in [0.15, 0.2) is 5.65 Å². The molecule has 1 atom stereocenters. The van der Waals surface area contributed by atoms with Gasteiger partial charge in [-0.05, 0) is 44.5 Å². The monoisotopic (exact) mass is 386 g/mol. The first-order chi connectivity index (χ1) is 14.1. The van der Waals surface area contributed by atoms with Gasteiger partial charge < -0.3 is 10.2 Å². The molecule has 8 heteroatoms. The van der Waals surface area contributed by atoms with Crippen LogP contribution in [0.2, 0.25) is 0 Å². The third-order valence-corrected chi connectivity index (χ3v) is 5.09. The van der Waals surface area contributed by atoms with E-state index in [1.165, 1.54) is 0 Å². The fraction of sp³-hybridized carbons (Fsp3) is 0.286. The number of nitrogens with one attached hydrogen (secondary N) is 1. The zero-order chi connectivity index (χ0) is 19.8. The second kappa shape index (κ2) is 7.12. The molecule has 0 aromatic carbocycles. The van der Waals surface area contributed by atoms with Gasteiger partial charge in [-0.2, -0.15) is 0 Å². The van der Waals surface area contributed by atoms with Crippen molar-refractivity contribution >= 4 is 17.3 Å². The molecule has 0 bridgehead atoms. The van der Waals surface area contributed by atoms with Crippen molar-refractivity contribution in [3.63, 3.8) is 0 Å². The molecule has 1 N–H and O–H groups in total. The molecule has 0 spiro atoms. The second-order valence-electron chi connectivity index (χ2n) is 7.38. The molecule has 0 saturated carbocycles. The maximum Gasteiger partial charge on any atom is 0.153 e. The standard InChI is InChI=1S/C21H22N8/c1-14-12-29-20(23-14)6-5-19(27-29)26-17-7-9-28(13-17)21-10-18(24-15(2)25-21)16-4-3-8-22-11-16/h3-6,8,10-12,17H,7,9,13H2,1-2H3,(H,26,27). The van der Waals surface area contributed by atoms with Crippen molar-refractivity contribution in [1.29, 1.82) is 0 Å². The number of fused-ring (bicyclic) bond motifs is 1. The van der Waals surface area contributed by atoms with Gasteiger partial charge in [0.25, 0.3) is 0 Å². The van der Waals surface area contributed by atoms with Crippen LogP contribution in [0.15, 0.2) is 48.9 Å². The summed E-state index contributed by atoms with van der Waals surface area (Å²) in [6, 6.07) is 10.3. The molecular weight excluding hydrogens is 364 g/mol. The molecule has 0 aliphatic carbocycles. The zero-order valence-corrected chi connectivity index (χ0v) is 16.4. The van der Waals surface area contributed by atoms with E-state index in [1.807, 2.05) is 61.1 Å². The highest BCUT2D eigenvalue weighted by Gasteiger charge is 2.24. The Hall–Kier alpha value is -3.55. The van der Waals surface area contributed by atoms with Gasteiger partial charge in [0.1, 0.15) is 17.5 Å². The van der Waals surface area contributed by atoms with Crippen molar-refractivity contribution in [3.05, 3.63) is 60.4 Å². The van der Waals surface area contributed by atoms with Crippen molar-refractivity contribution < 1.29 is 0 Å². The molecule has 1 unspecified atom stereocenters. The molecule has 29 heavy (non-hydrogen) atoms. The van der Waals surface area contributed by atoms with Crippen molar-refractivity contribution in [3.8, 4) is 11.3 Å². The number of aromatic nitrogens is 6. The van der Waals surface area contributed by atoms with Crippen LogP contribution in [0.3, 0.4) is 0 Å². The Morgan fingerprint density at radius 1 is 1.10 bits per heavy atom. The Bertz CT molecular complexity index is 1150. The summed E-state index contributed by atoms with van der Waals surface area (Å²) in [4.78, 5) is 20.2. The van der Waals surface area contributed by atoms with Gasteiger partial charge in [-0.15, -0.1) is 5.10 Å². The highest BCUT2D eigenvalue weighted by atomic mass is 15.3. The molecule has 1 fully saturated rings. The van der Waals surface area contributed by atoms with Crippen molar-refractivity contribution in [2.24, 2.45) is 0 Å². The lowest BCUT2D eigenvalue weighted by Gasteiger charge is -2.19. The Morgan fingerprint density at radius 2 is 2.03 bits per heavy atom. The van der Waals surface area contributed by atoms with E-state index in [1.54, 1.807) is 6.20 Å². The van der Waals surface area contributed by atoms with Crippen LogP contribution in [0.25, 0.3) is 16.9 Å². The predicted octanol–water partition coefficient (Wildman–Crippen LogP) is 2.89. The average Bonchev–Trinajstić information content (AvgIpc) is 3.33. The SMILES string of the molecule is Cc1cn2nc(NC3CCN(c4cc(-c5cccnc5)nc(C)n4)C3)ccc2n1. The molecule has 1 aliphatic heterocycles. The van der Waals surface area contributed by atoms with Crippen LogP contribution in [0.1, 0.15) is 17.9 Å². The van der Waals surface area contributed by atoms with E-state index in [9.17, 15) is 0 Å². The van der Waals surface area contributed by atoms with Crippen LogP contribution in [-0.2, 0) is 0 Å². The first-order valence-electron chi connectivity index (χ1n) is 9.75. The fourth-order valence-electron chi connectivity index (χ4n) is 3.75. The Labute approximate surface area is 168 Å². The Kier molecular flexibility index (Phi) is 4.31. The van der Waals surface area contributed by atoms with Gasteiger partial charge in [-0.3, -0.25) is 4.98 Å². The lowest BCUT2D eigenvalue weighted by molar-refractivity contribution is 0.787. The summed E-state index contributed by atoms with van der Waals surface area (Å²) in [5, 5.41) is 8.17. The number of anilines is 2. The minimum Gasteiger partial charge on any atom is -0.364 e. The number of nitrogens with zero attached hydrogens (tertiary/aromatic N) is 7. The quantitative estimate of drug-likeness (QED) is 0.577. The van der Waals surface area contributed by atoms with Gasteiger partial charge in [-0.25, -0.2) is 19.5 Å². The molecule has 1 aliphatic rings. The Morgan fingerprint density at radius 3 is 2.90 bits per heavy atom. The van der Waals surface area contributed by atoms with Gasteiger partial charge in [0.2, 0.25) is 0 Å². The molecule has 146 valence electrons. The largest absolute Gasteiger partial charge is 0.364 e. The minimum absolute atomic E-state index is 0.307. The molecule has 4 aromatic heterocycles. The van der Waals surface area contributed by atoms with Crippen molar-refractivity contribution in [2.75, 3.05) is 23.3 Å². The number of imidazole rings is 1. The van der Waals surface area contributed by atoms with E-state index in [2.05, 4.69) is 35.3 Å². The van der Waals surface area contributed by atoms with Crippen molar-refractivity contribution in [2.45, 2.75) is 26.3 Å². The molecule has 4 aromatic rings. The van der Waals surface area contributed by atoms with E-state index < -0.39 is 0 Å². The molecular formula is C21H22N8. The average molecular weight is 386 g/mol. The maximum absolute atomic E-state index is 4.67. The topological polar surface area (TPSA) is 84.1 Å². The number of aryl methyl sites for hydroxylation is 2. The van der Waals surface area contributed by atoms with Crippen LogP contribution < -0.4 is 10.2 Å². The first kappa shape index (κ1) is 17.5. The van der Waals surface area contributed by atoms with Crippen LogP contribution in [0, 0.1) is 13.8 Å². The molecule has 8 nitrogen and oxygen atoms in total. The molecule has 0 radical (unpaired) electrons. The number of pyridine rings is 1. The molecule has 0 amide bonds. The van der Waals surface area contributed by atoms with Crippen LogP contribution in [0.5, 0.6) is 0 Å². The van der Waals surface area contributed by atoms with Gasteiger partial charge >= 0.3 is 0 Å². The summed E-state index contributed by atoms with van der Waals surface area (Å²) >= 11 is 0. The highest BCUT2D eigenvalue weighted by molar-refractivity contribution is 5.62. The number of hydrogen-bond acceptors (Lipinski definition) is 7. The molecule has 1 saturated heterocycles. The fourth-order valence-corrected chi connectivity index (χ4v) is 3.75. The van der Waals surface area contributed by atoms with E-state index in [4.69, 9.17) is 0 Å². The minimum atomic E-state index is 0.307. The second-order valence-corrected chi connectivity index (χ2v) is 7.38. The third-order valence-electron chi connectivity index (χ3n) is 5.09. The third kappa shape index (κ3) is 3.61. The van der Waals surface area contributed by atoms with Crippen LogP contribution in [0.4, 0.5) is 11.6 Å². The van der Waals surface area contributed by atoms with E-state index in [0.717, 1.165) is 59.6 Å². The van der Waals surface area contributed by atoms with Gasteiger partial charge in [0.05, 0.1) is 17.6 Å². The smallest absolute Gasteiger partial charge is 0.153 e. The van der Waals surface area contributed by atoms with Crippen LogP contribution in [-0.4, -0.2) is 48.7 Å². The Balaban J connectivity index is 1.33. The summed E-state index contributed by atoms with van der Waals surface area (Å²) in [5.74, 6) is 2.58. The maximum atomic E-state index is 4.67. The summed E-state index contributed by atoms with van der Waals surface area (Å²) in [7, 11) is 0. The summed E-state index contributed by atoms with van der Waals surface area (Å²) < 4.78 is 1.82. The van der Waals surface area contributed by atoms with E-state index >= 15 is 0 Å². The van der Waals surface area contributed by atoms with Gasteiger partial charge in [0, 0.05) is 43.2 Å². The summed E-state index contributed by atoms with van der Waals surface area (Å²) in [6.45, 7) is 5.71. The molecule has 5 heterocycles. The molecule has 5 rings (SSSR count). The van der Waals surface area contributed by atoms with Gasteiger partial charge in [-0.1, -0.05) is 0 Å². The number of hydrogen-bond donors (Lipinski definition) is 1. The van der Waals surface area contributed by atoms with Crippen LogP contribution >= 0.6 is 0 Å². The van der Waals surface area contributed by atoms with E-state index in [-0.39, 0.29) is 0 Å². The highest BCUT2D eigenvalue weighted by Crippen LogP contribution is 2.25. The number of rotatable bonds is 4. The predicted molar refractivity (Wildman–Crippen MR) is 112 cm³/mol. The summed E-state index contributed by atoms with van der Waals surface area (Å²) in [5.41, 5.74) is 3.73. The normalized spacial score (nSPS) is 16.5. The van der Waals surface area contributed by atoms with Crippen molar-refractivity contribution in [1.82, 2.24) is 29.5 Å². The summed E-state index contributed by atoms with van der Waals surface area (Å²) in [6.07, 6.45) is 6.56. The zero-order valence-electron chi connectivity index (χ0n) is 16.4. The van der Waals surface area contributed by atoms with E-state index in [0.29, 0.717) is 6.04 Å². The lowest BCUT2D eigenvalue weighted by Crippen LogP contribution is -2.27.